The van der Waals surface area contributed by atoms with Gasteiger partial charge in [0, 0.05) is 23.5 Å². The van der Waals surface area contributed by atoms with Crippen LogP contribution < -0.4 is 14.2 Å². The molecule has 6 rings (SSSR count). The van der Waals surface area contributed by atoms with E-state index in [1.165, 1.54) is 0 Å². The van der Waals surface area contributed by atoms with Crippen molar-refractivity contribution < 1.29 is 28.9 Å². The topological polar surface area (TPSA) is 98.2 Å². The van der Waals surface area contributed by atoms with Gasteiger partial charge in [0.2, 0.25) is 0 Å². The Morgan fingerprint density at radius 2 is 2.06 bits per heavy atom. The largest absolute Gasteiger partial charge is 0.497 e. The molecular weight excluding hydrogens is 412 g/mol. The smallest absolute Gasteiger partial charge is 0.313 e. The molecule has 32 heavy (non-hydrogen) atoms. The van der Waals surface area contributed by atoms with Gasteiger partial charge in [0.15, 0.2) is 5.75 Å². The van der Waals surface area contributed by atoms with Crippen molar-refractivity contribution in [2.75, 3.05) is 20.2 Å². The highest BCUT2D eigenvalue weighted by Gasteiger charge is 2.44. The van der Waals surface area contributed by atoms with E-state index < -0.39 is 18.0 Å². The predicted octanol–water partition coefficient (Wildman–Crippen LogP) is 2.78. The van der Waals surface area contributed by atoms with Crippen molar-refractivity contribution >= 4 is 22.8 Å². The summed E-state index contributed by atoms with van der Waals surface area (Å²) in [5.41, 5.74) is 0.919. The fourth-order valence-corrected chi connectivity index (χ4v) is 5.24. The van der Waals surface area contributed by atoms with Crippen LogP contribution in [-0.2, 0) is 9.59 Å². The summed E-state index contributed by atoms with van der Waals surface area (Å²) in [5.74, 6) is 0.242. The van der Waals surface area contributed by atoms with Crippen LogP contribution in [0.1, 0.15) is 37.4 Å². The molecule has 0 saturated carbocycles. The second kappa shape index (κ2) is 8.18. The number of aromatic nitrogens is 1. The van der Waals surface area contributed by atoms with Crippen molar-refractivity contribution in [2.45, 2.75) is 37.8 Å². The van der Waals surface area contributed by atoms with Gasteiger partial charge in [0.1, 0.15) is 5.75 Å². The number of ether oxygens (including phenoxy) is 3. The predicted molar refractivity (Wildman–Crippen MR) is 116 cm³/mol. The molecule has 3 fully saturated rings. The Bertz CT molecular complexity index is 1100. The van der Waals surface area contributed by atoms with E-state index in [4.69, 9.17) is 14.2 Å². The lowest BCUT2D eigenvalue weighted by atomic mass is 9.73. The lowest BCUT2D eigenvalue weighted by Gasteiger charge is -2.50. The number of carbonyl (C=O) groups is 2. The SMILES string of the molecule is C=C[C@H]1CN2CCC1C[C@H]2[C@H](O)c1c2c(nc3ccc(OC)cc13)OC(=O)CCC(=O)O2. The van der Waals surface area contributed by atoms with E-state index in [-0.39, 0.29) is 30.5 Å². The van der Waals surface area contributed by atoms with Crippen molar-refractivity contribution in [3.05, 3.63) is 36.4 Å². The van der Waals surface area contributed by atoms with Crippen LogP contribution in [0.4, 0.5) is 0 Å². The lowest BCUT2D eigenvalue weighted by Crippen LogP contribution is -2.54. The van der Waals surface area contributed by atoms with E-state index in [1.54, 1.807) is 25.3 Å². The number of hydrogen-bond acceptors (Lipinski definition) is 8. The minimum Gasteiger partial charge on any atom is -0.497 e. The molecule has 8 heteroatoms. The third-order valence-corrected chi connectivity index (χ3v) is 6.93. The molecule has 3 saturated heterocycles. The Morgan fingerprint density at radius 1 is 1.28 bits per heavy atom. The summed E-state index contributed by atoms with van der Waals surface area (Å²) in [7, 11) is 1.56. The summed E-state index contributed by atoms with van der Waals surface area (Å²) in [6.45, 7) is 5.69. The zero-order valence-electron chi connectivity index (χ0n) is 18.0. The van der Waals surface area contributed by atoms with Crippen LogP contribution >= 0.6 is 0 Å². The molecule has 1 aromatic carbocycles. The highest BCUT2D eigenvalue weighted by Crippen LogP contribution is 2.47. The first kappa shape index (κ1) is 20.9. The molecule has 2 bridgehead atoms. The molecule has 2 unspecified atom stereocenters. The molecule has 8 nitrogen and oxygen atoms in total. The summed E-state index contributed by atoms with van der Waals surface area (Å²) < 4.78 is 16.4. The summed E-state index contributed by atoms with van der Waals surface area (Å²) in [6, 6.07) is 5.08. The first-order chi connectivity index (χ1) is 15.5. The molecule has 4 aliphatic rings. The number of aliphatic hydroxyl groups excluding tert-OH is 1. The van der Waals surface area contributed by atoms with E-state index in [0.717, 1.165) is 25.9 Å². The van der Waals surface area contributed by atoms with Gasteiger partial charge in [-0.3, -0.25) is 14.5 Å². The number of esters is 2. The maximum Gasteiger partial charge on any atom is 0.313 e. The monoisotopic (exact) mass is 438 g/mol. The van der Waals surface area contributed by atoms with E-state index in [1.807, 2.05) is 6.08 Å². The van der Waals surface area contributed by atoms with E-state index in [0.29, 0.717) is 34.1 Å². The van der Waals surface area contributed by atoms with Gasteiger partial charge in [-0.05, 0) is 49.4 Å². The highest BCUT2D eigenvalue weighted by atomic mass is 16.6. The molecule has 5 heterocycles. The van der Waals surface area contributed by atoms with Crippen LogP contribution in [0, 0.1) is 11.8 Å². The number of carbonyl (C=O) groups excluding carboxylic acids is 2. The van der Waals surface area contributed by atoms with E-state index >= 15 is 0 Å². The zero-order chi connectivity index (χ0) is 22.4. The lowest BCUT2D eigenvalue weighted by molar-refractivity contribution is -0.143. The van der Waals surface area contributed by atoms with Crippen LogP contribution in [0.15, 0.2) is 30.9 Å². The average Bonchev–Trinajstić information content (AvgIpc) is 2.81. The van der Waals surface area contributed by atoms with E-state index in [9.17, 15) is 14.7 Å². The minimum atomic E-state index is -0.971. The summed E-state index contributed by atoms with van der Waals surface area (Å²) >= 11 is 0. The molecule has 5 atom stereocenters. The Balaban J connectivity index is 1.67. The van der Waals surface area contributed by atoms with Crippen molar-refractivity contribution in [3.8, 4) is 17.4 Å². The average molecular weight is 438 g/mol. The number of benzene rings is 1. The molecule has 1 aromatic heterocycles. The Hall–Kier alpha value is -2.97. The molecule has 0 aliphatic carbocycles. The number of fused-ring (bicyclic) bond motifs is 5. The van der Waals surface area contributed by atoms with E-state index in [2.05, 4.69) is 16.5 Å². The Kier molecular flexibility index (Phi) is 5.35. The number of nitrogens with zero attached hydrogens (tertiary/aromatic N) is 2. The summed E-state index contributed by atoms with van der Waals surface area (Å²) in [5, 5.41) is 12.3. The summed E-state index contributed by atoms with van der Waals surface area (Å²) in [4.78, 5) is 31.2. The zero-order valence-corrected chi connectivity index (χ0v) is 18.0. The fraction of sp³-hybridized carbons (Fsp3) is 0.458. The van der Waals surface area contributed by atoms with Crippen LogP contribution in [0.25, 0.3) is 10.9 Å². The normalized spacial score (nSPS) is 28.2. The van der Waals surface area contributed by atoms with Gasteiger partial charge in [-0.15, -0.1) is 6.58 Å². The van der Waals surface area contributed by atoms with Crippen molar-refractivity contribution in [1.29, 1.82) is 0 Å². The summed E-state index contributed by atoms with van der Waals surface area (Å²) in [6.07, 6.45) is 2.72. The quantitative estimate of drug-likeness (QED) is 0.575. The second-order valence-corrected chi connectivity index (χ2v) is 8.68. The molecular formula is C24H26N2O6. The van der Waals surface area contributed by atoms with Crippen LogP contribution in [-0.4, -0.2) is 53.2 Å². The number of hydrogen-bond donors (Lipinski definition) is 1. The third-order valence-electron chi connectivity index (χ3n) is 6.93. The van der Waals surface area contributed by atoms with Gasteiger partial charge < -0.3 is 19.3 Å². The Labute approximate surface area is 185 Å². The van der Waals surface area contributed by atoms with Crippen molar-refractivity contribution in [1.82, 2.24) is 9.88 Å². The van der Waals surface area contributed by atoms with Crippen LogP contribution in [0.5, 0.6) is 17.4 Å². The Morgan fingerprint density at radius 3 is 2.75 bits per heavy atom. The van der Waals surface area contributed by atoms with Crippen molar-refractivity contribution in [2.24, 2.45) is 11.8 Å². The molecule has 0 radical (unpaired) electrons. The van der Waals surface area contributed by atoms with Crippen LogP contribution in [0.2, 0.25) is 0 Å². The van der Waals surface area contributed by atoms with Gasteiger partial charge >= 0.3 is 11.9 Å². The third kappa shape index (κ3) is 3.53. The first-order valence-corrected chi connectivity index (χ1v) is 11.0. The molecule has 2 aromatic rings. The number of rotatable bonds is 4. The number of piperidine rings is 3. The maximum absolute atomic E-state index is 12.4. The van der Waals surface area contributed by atoms with Gasteiger partial charge in [-0.2, -0.15) is 0 Å². The first-order valence-electron chi connectivity index (χ1n) is 11.0. The molecule has 0 spiro atoms. The fourth-order valence-electron chi connectivity index (χ4n) is 5.24. The number of methoxy groups -OCH3 is 1. The van der Waals surface area contributed by atoms with Gasteiger partial charge in [0.25, 0.3) is 5.88 Å². The minimum absolute atomic E-state index is 0.0132. The number of aliphatic hydroxyl groups is 1. The van der Waals surface area contributed by atoms with Gasteiger partial charge in [-0.1, -0.05) is 6.08 Å². The molecule has 168 valence electrons. The maximum atomic E-state index is 12.4. The molecule has 1 N–H and O–H groups in total. The molecule has 0 amide bonds. The standard InChI is InChI=1S/C24H26N2O6/c1-3-13-12-26-9-8-14(13)10-18(26)22(29)21-16-11-15(30-2)4-5-17(16)25-24-23(21)31-19(27)6-7-20(28)32-24/h3-5,11,13-14,18,22,29H,1,6-10,12H2,2H3/t13-,14?,18-,22-/m0/s1. The highest BCUT2D eigenvalue weighted by molar-refractivity contribution is 5.91. The van der Waals surface area contributed by atoms with Gasteiger partial charge in [-0.25, -0.2) is 4.98 Å². The van der Waals surface area contributed by atoms with Crippen molar-refractivity contribution in [3.63, 3.8) is 0 Å². The molecule has 4 aliphatic heterocycles. The number of pyridine rings is 1. The van der Waals surface area contributed by atoms with Crippen LogP contribution in [0.3, 0.4) is 0 Å². The second-order valence-electron chi connectivity index (χ2n) is 8.68. The van der Waals surface area contributed by atoms with Gasteiger partial charge in [0.05, 0.1) is 31.6 Å².